The van der Waals surface area contributed by atoms with E-state index in [0.29, 0.717) is 24.5 Å². The van der Waals surface area contributed by atoms with Crippen molar-refractivity contribution in [3.8, 4) is 6.01 Å². The van der Waals surface area contributed by atoms with Crippen LogP contribution >= 0.6 is 0 Å². The normalized spacial score (nSPS) is 16.2. The molecule has 1 aliphatic heterocycles. The molecule has 2 rings (SSSR count). The molecular weight excluding hydrogens is 256 g/mol. The number of likely N-dealkylation sites (N-methyl/N-ethyl adjacent to an activating group) is 1. The summed E-state index contributed by atoms with van der Waals surface area (Å²) in [6.45, 7) is 12.5. The zero-order valence-electron chi connectivity index (χ0n) is 12.6. The Morgan fingerprint density at radius 2 is 1.80 bits per heavy atom. The first kappa shape index (κ1) is 14.8. The average Bonchev–Trinajstić information content (AvgIpc) is 2.48. The highest BCUT2D eigenvalue weighted by Gasteiger charge is 2.19. The van der Waals surface area contributed by atoms with Crippen LogP contribution in [-0.2, 0) is 0 Å². The lowest BCUT2D eigenvalue weighted by Gasteiger charge is -2.34. The second-order valence-corrected chi connectivity index (χ2v) is 4.63. The molecule has 0 aliphatic carbocycles. The van der Waals surface area contributed by atoms with E-state index in [1.165, 1.54) is 0 Å². The average molecular weight is 280 g/mol. The molecule has 0 aromatic carbocycles. The third-order valence-corrected chi connectivity index (χ3v) is 3.31. The van der Waals surface area contributed by atoms with Crippen molar-refractivity contribution in [3.05, 3.63) is 0 Å². The summed E-state index contributed by atoms with van der Waals surface area (Å²) in [5.41, 5.74) is 0. The zero-order chi connectivity index (χ0) is 14.4. The third kappa shape index (κ3) is 3.69. The number of nitrogens with zero attached hydrogens (tertiary/aromatic N) is 5. The number of ether oxygens (including phenoxy) is 1. The first-order valence-corrected chi connectivity index (χ1v) is 7.36. The minimum absolute atomic E-state index is 0.395. The van der Waals surface area contributed by atoms with Gasteiger partial charge in [-0.05, 0) is 20.4 Å². The molecule has 0 spiro atoms. The van der Waals surface area contributed by atoms with E-state index in [1.54, 1.807) is 0 Å². The number of piperazine rings is 1. The molecule has 20 heavy (non-hydrogen) atoms. The minimum atomic E-state index is 0.395. The summed E-state index contributed by atoms with van der Waals surface area (Å²) in [4.78, 5) is 17.7. The molecule has 1 saturated heterocycles. The Morgan fingerprint density at radius 1 is 1.05 bits per heavy atom. The standard InChI is InChI=1S/C13H24N6O/c1-4-14-11-15-12(17-13(16-11)20-6-3)19-9-7-18(5-2)8-10-19/h4-10H2,1-3H3,(H,14,15,16,17). The molecule has 7 nitrogen and oxygen atoms in total. The number of hydrogen-bond acceptors (Lipinski definition) is 7. The molecule has 7 heteroatoms. The van der Waals surface area contributed by atoms with Gasteiger partial charge in [-0.1, -0.05) is 6.92 Å². The van der Waals surface area contributed by atoms with Crippen LogP contribution < -0.4 is 15.0 Å². The third-order valence-electron chi connectivity index (χ3n) is 3.31. The molecule has 112 valence electrons. The van der Waals surface area contributed by atoms with Crippen LogP contribution in [0, 0.1) is 0 Å². The molecule has 0 amide bonds. The molecule has 1 aromatic rings. The second-order valence-electron chi connectivity index (χ2n) is 4.63. The Kier molecular flexibility index (Phi) is 5.34. The number of rotatable bonds is 6. The van der Waals surface area contributed by atoms with Gasteiger partial charge < -0.3 is 19.9 Å². The highest BCUT2D eigenvalue weighted by molar-refractivity contribution is 5.38. The van der Waals surface area contributed by atoms with Gasteiger partial charge in [-0.3, -0.25) is 0 Å². The maximum Gasteiger partial charge on any atom is 0.323 e. The lowest BCUT2D eigenvalue weighted by atomic mass is 10.3. The summed E-state index contributed by atoms with van der Waals surface area (Å²) >= 11 is 0. The van der Waals surface area contributed by atoms with Crippen molar-refractivity contribution >= 4 is 11.9 Å². The Bertz CT molecular complexity index is 395. The SMILES string of the molecule is CCNc1nc(OCC)nc(N2CCN(CC)CC2)n1. The van der Waals surface area contributed by atoms with Gasteiger partial charge in [0.1, 0.15) is 0 Å². The smallest absolute Gasteiger partial charge is 0.323 e. The van der Waals surface area contributed by atoms with E-state index in [1.807, 2.05) is 13.8 Å². The summed E-state index contributed by atoms with van der Waals surface area (Å²) in [6, 6.07) is 0.395. The van der Waals surface area contributed by atoms with E-state index in [0.717, 1.165) is 39.3 Å². The summed E-state index contributed by atoms with van der Waals surface area (Å²) in [7, 11) is 0. The van der Waals surface area contributed by atoms with Gasteiger partial charge in [0.2, 0.25) is 11.9 Å². The molecule has 1 fully saturated rings. The molecular formula is C13H24N6O. The van der Waals surface area contributed by atoms with E-state index in [2.05, 4.69) is 37.0 Å². The van der Waals surface area contributed by atoms with Crippen LogP contribution in [0.1, 0.15) is 20.8 Å². The van der Waals surface area contributed by atoms with Gasteiger partial charge in [-0.15, -0.1) is 0 Å². The van der Waals surface area contributed by atoms with Gasteiger partial charge in [0, 0.05) is 32.7 Å². The molecule has 1 N–H and O–H groups in total. The van der Waals surface area contributed by atoms with Gasteiger partial charge in [0.15, 0.2) is 0 Å². The number of aromatic nitrogens is 3. The van der Waals surface area contributed by atoms with E-state index in [-0.39, 0.29) is 0 Å². The fraction of sp³-hybridized carbons (Fsp3) is 0.769. The zero-order valence-corrected chi connectivity index (χ0v) is 12.6. The van der Waals surface area contributed by atoms with Crippen molar-refractivity contribution in [1.82, 2.24) is 19.9 Å². The highest BCUT2D eigenvalue weighted by atomic mass is 16.5. The van der Waals surface area contributed by atoms with E-state index >= 15 is 0 Å². The topological polar surface area (TPSA) is 66.4 Å². The first-order chi connectivity index (χ1) is 9.76. The van der Waals surface area contributed by atoms with E-state index in [9.17, 15) is 0 Å². The summed E-state index contributed by atoms with van der Waals surface area (Å²) in [5.74, 6) is 1.29. The predicted octanol–water partition coefficient (Wildman–Crippen LogP) is 0.844. The molecule has 0 atom stereocenters. The lowest BCUT2D eigenvalue weighted by molar-refractivity contribution is 0.268. The van der Waals surface area contributed by atoms with Crippen LogP contribution in [0.5, 0.6) is 6.01 Å². The maximum atomic E-state index is 5.43. The van der Waals surface area contributed by atoms with Gasteiger partial charge in [0.05, 0.1) is 6.61 Å². The first-order valence-electron chi connectivity index (χ1n) is 7.36. The molecule has 2 heterocycles. The van der Waals surface area contributed by atoms with Crippen molar-refractivity contribution in [2.45, 2.75) is 20.8 Å². The maximum absolute atomic E-state index is 5.43. The van der Waals surface area contributed by atoms with Crippen LogP contribution in [0.25, 0.3) is 0 Å². The molecule has 0 bridgehead atoms. The number of nitrogens with one attached hydrogen (secondary N) is 1. The van der Waals surface area contributed by atoms with Gasteiger partial charge in [-0.25, -0.2) is 0 Å². The molecule has 1 aromatic heterocycles. The Labute approximate surface area is 120 Å². The van der Waals surface area contributed by atoms with Crippen molar-refractivity contribution in [1.29, 1.82) is 0 Å². The van der Waals surface area contributed by atoms with Crippen molar-refractivity contribution < 1.29 is 4.74 Å². The number of anilines is 2. The van der Waals surface area contributed by atoms with Crippen molar-refractivity contribution in [2.24, 2.45) is 0 Å². The van der Waals surface area contributed by atoms with Crippen LogP contribution in [0.2, 0.25) is 0 Å². The molecule has 0 radical (unpaired) electrons. The quantitative estimate of drug-likeness (QED) is 0.828. The second kappa shape index (κ2) is 7.23. The van der Waals surface area contributed by atoms with Crippen LogP contribution in [0.3, 0.4) is 0 Å². The summed E-state index contributed by atoms with van der Waals surface area (Å²) in [5, 5.41) is 3.13. The highest BCUT2D eigenvalue weighted by Crippen LogP contribution is 2.16. The van der Waals surface area contributed by atoms with Crippen LogP contribution in [0.4, 0.5) is 11.9 Å². The predicted molar refractivity (Wildman–Crippen MR) is 79.5 cm³/mol. The largest absolute Gasteiger partial charge is 0.464 e. The van der Waals surface area contributed by atoms with Crippen molar-refractivity contribution in [2.75, 3.05) is 56.1 Å². The Morgan fingerprint density at radius 3 is 2.40 bits per heavy atom. The van der Waals surface area contributed by atoms with Gasteiger partial charge in [-0.2, -0.15) is 15.0 Å². The fourth-order valence-electron chi connectivity index (χ4n) is 2.18. The van der Waals surface area contributed by atoms with Crippen LogP contribution in [0.15, 0.2) is 0 Å². The molecule has 0 unspecified atom stereocenters. The van der Waals surface area contributed by atoms with Gasteiger partial charge in [0.25, 0.3) is 0 Å². The Balaban J connectivity index is 2.13. The van der Waals surface area contributed by atoms with E-state index in [4.69, 9.17) is 4.74 Å². The fourth-order valence-corrected chi connectivity index (χ4v) is 2.18. The monoisotopic (exact) mass is 280 g/mol. The summed E-state index contributed by atoms with van der Waals surface area (Å²) < 4.78 is 5.43. The van der Waals surface area contributed by atoms with Gasteiger partial charge >= 0.3 is 6.01 Å². The van der Waals surface area contributed by atoms with Crippen LogP contribution in [-0.4, -0.2) is 65.7 Å². The summed E-state index contributed by atoms with van der Waals surface area (Å²) in [6.07, 6.45) is 0. The molecule has 0 saturated carbocycles. The number of hydrogen-bond donors (Lipinski definition) is 1. The van der Waals surface area contributed by atoms with E-state index < -0.39 is 0 Å². The Hall–Kier alpha value is -1.63. The lowest BCUT2D eigenvalue weighted by Crippen LogP contribution is -2.46. The van der Waals surface area contributed by atoms with Crippen molar-refractivity contribution in [3.63, 3.8) is 0 Å². The minimum Gasteiger partial charge on any atom is -0.464 e. The molecule has 1 aliphatic rings.